The van der Waals surface area contributed by atoms with E-state index in [0.717, 1.165) is 22.5 Å². The highest BCUT2D eigenvalue weighted by Gasteiger charge is 2.28. The van der Waals surface area contributed by atoms with Crippen molar-refractivity contribution in [2.24, 2.45) is 0 Å². The molecule has 1 aromatic heterocycles. The first kappa shape index (κ1) is 13.6. The van der Waals surface area contributed by atoms with Crippen molar-refractivity contribution in [3.8, 4) is 16.9 Å². The normalized spacial score (nSPS) is 12.6. The fraction of sp³-hybridized carbons (Fsp3) is 0.0588. The number of thioether (sulfide) groups is 1. The van der Waals surface area contributed by atoms with Gasteiger partial charge in [-0.05, 0) is 29.8 Å². The van der Waals surface area contributed by atoms with Gasteiger partial charge in [-0.2, -0.15) is 5.10 Å². The van der Waals surface area contributed by atoms with Crippen molar-refractivity contribution in [3.63, 3.8) is 0 Å². The molecular weight excluding hydrogens is 316 g/mol. The quantitative estimate of drug-likeness (QED) is 0.649. The van der Waals surface area contributed by atoms with E-state index in [0.29, 0.717) is 11.4 Å². The van der Waals surface area contributed by atoms with E-state index in [1.807, 2.05) is 47.1 Å². The zero-order chi connectivity index (χ0) is 15.1. The average molecular weight is 327 g/mol. The first-order valence-electron chi connectivity index (χ1n) is 6.85. The highest BCUT2D eigenvalue weighted by molar-refractivity contribution is 7.98. The van der Waals surface area contributed by atoms with E-state index in [4.69, 9.17) is 11.6 Å². The molecule has 108 valence electrons. The van der Waals surface area contributed by atoms with E-state index in [1.165, 1.54) is 4.90 Å². The van der Waals surface area contributed by atoms with Crippen LogP contribution in [-0.4, -0.2) is 15.0 Å². The largest absolute Gasteiger partial charge is 0.274 e. The lowest BCUT2D eigenvalue weighted by molar-refractivity contribution is 0.107. The fourth-order valence-electron chi connectivity index (χ4n) is 2.72. The number of carbonyl (C=O) groups is 1. The monoisotopic (exact) mass is 326 g/mol. The number of fused-ring (bicyclic) bond motifs is 3. The zero-order valence-corrected chi connectivity index (χ0v) is 13.1. The van der Waals surface area contributed by atoms with Gasteiger partial charge in [0.1, 0.15) is 5.69 Å². The molecule has 2 aromatic carbocycles. The zero-order valence-electron chi connectivity index (χ0n) is 11.5. The van der Waals surface area contributed by atoms with Crippen molar-refractivity contribution in [1.29, 1.82) is 0 Å². The van der Waals surface area contributed by atoms with E-state index < -0.39 is 5.24 Å². The molecule has 0 spiro atoms. The smallest absolute Gasteiger partial charge is 0.273 e. The number of aromatic nitrogens is 2. The number of rotatable bonds is 2. The lowest BCUT2D eigenvalue weighted by atomic mass is 10.1. The number of halogens is 1. The van der Waals surface area contributed by atoms with Gasteiger partial charge in [0.2, 0.25) is 0 Å². The minimum absolute atomic E-state index is 0.350. The standard InChI is InChI=1S/C17H11ClN2OS/c18-17(21)15-13-10-22-14-9-5-4-8-12(14)16(13)20(19-15)11-6-2-1-3-7-11/h1-9H,10H2. The molecule has 5 heteroatoms. The number of hydrogen-bond acceptors (Lipinski definition) is 3. The Morgan fingerprint density at radius 3 is 2.59 bits per heavy atom. The molecule has 0 atom stereocenters. The Morgan fingerprint density at radius 1 is 1.09 bits per heavy atom. The molecule has 3 aromatic rings. The number of benzene rings is 2. The van der Waals surface area contributed by atoms with E-state index in [1.54, 1.807) is 11.8 Å². The van der Waals surface area contributed by atoms with Gasteiger partial charge in [0.05, 0.1) is 11.4 Å². The summed E-state index contributed by atoms with van der Waals surface area (Å²) in [6, 6.07) is 18.0. The van der Waals surface area contributed by atoms with Crippen molar-refractivity contribution >= 4 is 28.6 Å². The van der Waals surface area contributed by atoms with E-state index in [9.17, 15) is 4.79 Å². The van der Waals surface area contributed by atoms with Gasteiger partial charge in [-0.25, -0.2) is 4.68 Å². The maximum absolute atomic E-state index is 11.8. The summed E-state index contributed by atoms with van der Waals surface area (Å²) in [7, 11) is 0. The summed E-state index contributed by atoms with van der Waals surface area (Å²) in [6.45, 7) is 0. The van der Waals surface area contributed by atoms with Gasteiger partial charge in [0.25, 0.3) is 5.24 Å². The first-order chi connectivity index (χ1) is 10.8. The third-order valence-electron chi connectivity index (χ3n) is 3.68. The van der Waals surface area contributed by atoms with Crippen LogP contribution in [0.15, 0.2) is 59.5 Å². The Hall–Kier alpha value is -2.04. The van der Waals surface area contributed by atoms with Crippen LogP contribution in [0.3, 0.4) is 0 Å². The van der Waals surface area contributed by atoms with Crippen LogP contribution in [0.2, 0.25) is 0 Å². The highest BCUT2D eigenvalue weighted by atomic mass is 35.5. The molecule has 0 radical (unpaired) electrons. The summed E-state index contributed by atoms with van der Waals surface area (Å²) in [5.41, 5.74) is 4.23. The van der Waals surface area contributed by atoms with Crippen LogP contribution in [-0.2, 0) is 5.75 Å². The van der Waals surface area contributed by atoms with Gasteiger partial charge in [-0.1, -0.05) is 36.4 Å². The summed E-state index contributed by atoms with van der Waals surface area (Å²) < 4.78 is 1.82. The summed E-state index contributed by atoms with van der Waals surface area (Å²) >= 11 is 7.45. The highest BCUT2D eigenvalue weighted by Crippen LogP contribution is 2.43. The van der Waals surface area contributed by atoms with Gasteiger partial charge >= 0.3 is 0 Å². The van der Waals surface area contributed by atoms with Crippen molar-refractivity contribution in [2.75, 3.05) is 0 Å². The van der Waals surface area contributed by atoms with E-state index >= 15 is 0 Å². The fourth-order valence-corrected chi connectivity index (χ4v) is 3.94. The molecule has 0 bridgehead atoms. The third-order valence-corrected chi connectivity index (χ3v) is 4.96. The minimum atomic E-state index is -0.508. The van der Waals surface area contributed by atoms with Crippen LogP contribution in [0.1, 0.15) is 16.1 Å². The summed E-state index contributed by atoms with van der Waals surface area (Å²) in [4.78, 5) is 12.9. The number of carbonyl (C=O) groups excluding carboxylic acids is 1. The van der Waals surface area contributed by atoms with E-state index in [-0.39, 0.29) is 0 Å². The predicted octanol–water partition coefficient (Wildman–Crippen LogP) is 4.52. The van der Waals surface area contributed by atoms with Gasteiger partial charge in [-0.3, -0.25) is 4.79 Å². The summed E-state index contributed by atoms with van der Waals surface area (Å²) in [5.74, 6) is 0.701. The van der Waals surface area contributed by atoms with Crippen LogP contribution < -0.4 is 0 Å². The van der Waals surface area contributed by atoms with Gasteiger partial charge < -0.3 is 0 Å². The lowest BCUT2D eigenvalue weighted by Gasteiger charge is -2.18. The Kier molecular flexibility index (Phi) is 3.28. The molecular formula is C17H11ClN2OS. The molecule has 1 aliphatic rings. The summed E-state index contributed by atoms with van der Waals surface area (Å²) in [5, 5.41) is 3.97. The average Bonchev–Trinajstić information content (AvgIpc) is 2.96. The number of para-hydroxylation sites is 1. The Labute approximate surface area is 136 Å². The Bertz CT molecular complexity index is 874. The van der Waals surface area contributed by atoms with Crippen molar-refractivity contribution in [3.05, 3.63) is 65.9 Å². The second-order valence-corrected chi connectivity index (χ2v) is 6.34. The molecule has 0 unspecified atom stereocenters. The van der Waals surface area contributed by atoms with Crippen LogP contribution >= 0.6 is 23.4 Å². The number of hydrogen-bond donors (Lipinski definition) is 0. The second-order valence-electron chi connectivity index (χ2n) is 4.98. The van der Waals surface area contributed by atoms with Gasteiger partial charge in [0.15, 0.2) is 0 Å². The number of nitrogens with zero attached hydrogens (tertiary/aromatic N) is 2. The molecule has 0 saturated heterocycles. The maximum Gasteiger partial charge on any atom is 0.273 e. The van der Waals surface area contributed by atoms with Crippen LogP contribution in [0, 0.1) is 0 Å². The molecule has 0 amide bonds. The third kappa shape index (κ3) is 2.07. The molecule has 0 N–H and O–H groups in total. The molecule has 22 heavy (non-hydrogen) atoms. The van der Waals surface area contributed by atoms with Crippen LogP contribution in [0.5, 0.6) is 0 Å². The first-order valence-corrected chi connectivity index (χ1v) is 8.21. The molecule has 3 nitrogen and oxygen atoms in total. The molecule has 0 fully saturated rings. The Balaban J connectivity index is 2.04. The van der Waals surface area contributed by atoms with Crippen molar-refractivity contribution < 1.29 is 4.79 Å². The van der Waals surface area contributed by atoms with Crippen molar-refractivity contribution in [2.45, 2.75) is 10.6 Å². The molecule has 4 rings (SSSR count). The van der Waals surface area contributed by atoms with Gasteiger partial charge in [-0.15, -0.1) is 11.8 Å². The van der Waals surface area contributed by atoms with Crippen LogP contribution in [0.25, 0.3) is 16.9 Å². The van der Waals surface area contributed by atoms with Crippen LogP contribution in [0.4, 0.5) is 0 Å². The minimum Gasteiger partial charge on any atom is -0.274 e. The molecule has 1 aliphatic heterocycles. The topological polar surface area (TPSA) is 34.9 Å². The van der Waals surface area contributed by atoms with E-state index in [2.05, 4.69) is 17.2 Å². The lowest BCUT2D eigenvalue weighted by Crippen LogP contribution is -2.02. The predicted molar refractivity (Wildman–Crippen MR) is 88.7 cm³/mol. The molecule has 0 aliphatic carbocycles. The van der Waals surface area contributed by atoms with Crippen molar-refractivity contribution in [1.82, 2.24) is 9.78 Å². The summed E-state index contributed by atoms with van der Waals surface area (Å²) in [6.07, 6.45) is 0. The maximum atomic E-state index is 11.8. The SMILES string of the molecule is O=C(Cl)c1nn(-c2ccccc2)c2c1CSc1ccccc1-2. The molecule has 2 heterocycles. The molecule has 0 saturated carbocycles. The van der Waals surface area contributed by atoms with Gasteiger partial charge in [0, 0.05) is 21.8 Å². The second kappa shape index (κ2) is 5.30. The Morgan fingerprint density at radius 2 is 1.82 bits per heavy atom.